The summed E-state index contributed by atoms with van der Waals surface area (Å²) in [7, 11) is 0. The lowest BCUT2D eigenvalue weighted by molar-refractivity contribution is -0.127. The Bertz CT molecular complexity index is 450. The quantitative estimate of drug-likeness (QED) is 0.734. The average molecular weight is 305 g/mol. The third-order valence-corrected chi connectivity index (χ3v) is 3.99. The molecule has 0 aliphatic heterocycles. The second kappa shape index (κ2) is 9.50. The number of benzene rings is 1. The van der Waals surface area contributed by atoms with Gasteiger partial charge < -0.3 is 10.1 Å². The van der Waals surface area contributed by atoms with Crippen LogP contribution in [0.4, 0.5) is 0 Å². The lowest BCUT2D eigenvalue weighted by Gasteiger charge is -2.19. The summed E-state index contributed by atoms with van der Waals surface area (Å²) in [5.41, 5.74) is 2.29. The fourth-order valence-electron chi connectivity index (χ4n) is 2.59. The van der Waals surface area contributed by atoms with Crippen LogP contribution < -0.4 is 10.1 Å². The highest BCUT2D eigenvalue weighted by Gasteiger charge is 2.16. The molecule has 0 saturated heterocycles. The molecule has 0 aliphatic rings. The van der Waals surface area contributed by atoms with Gasteiger partial charge in [0.05, 0.1) is 0 Å². The largest absolute Gasteiger partial charge is 0.481 e. The Hall–Kier alpha value is -1.51. The van der Waals surface area contributed by atoms with Gasteiger partial charge in [-0.25, -0.2) is 0 Å². The fraction of sp³-hybridized carbons (Fsp3) is 0.632. The number of carbonyl (C=O) groups is 1. The van der Waals surface area contributed by atoms with Crippen molar-refractivity contribution >= 4 is 5.91 Å². The Morgan fingerprint density at radius 1 is 1.18 bits per heavy atom. The summed E-state index contributed by atoms with van der Waals surface area (Å²) < 4.78 is 5.77. The van der Waals surface area contributed by atoms with Crippen LogP contribution in [0.3, 0.4) is 0 Å². The molecule has 0 aromatic heterocycles. The average Bonchev–Trinajstić information content (AvgIpc) is 2.46. The predicted octanol–water partition coefficient (Wildman–Crippen LogP) is 4.40. The lowest BCUT2D eigenvalue weighted by Crippen LogP contribution is -2.38. The predicted molar refractivity (Wildman–Crippen MR) is 92.3 cm³/mol. The van der Waals surface area contributed by atoms with E-state index in [4.69, 9.17) is 4.74 Å². The van der Waals surface area contributed by atoms with E-state index < -0.39 is 6.10 Å². The number of rotatable bonds is 9. The smallest absolute Gasteiger partial charge is 0.260 e. The van der Waals surface area contributed by atoms with E-state index in [2.05, 4.69) is 25.2 Å². The van der Waals surface area contributed by atoms with Crippen LogP contribution in [-0.2, 0) is 4.79 Å². The van der Waals surface area contributed by atoms with E-state index >= 15 is 0 Å². The van der Waals surface area contributed by atoms with Gasteiger partial charge in [-0.05, 0) is 56.4 Å². The summed E-state index contributed by atoms with van der Waals surface area (Å²) in [6.07, 6.45) is 4.25. The second-order valence-corrected chi connectivity index (χ2v) is 6.25. The first-order valence-electron chi connectivity index (χ1n) is 8.48. The number of unbranched alkanes of at least 4 members (excludes halogenated alkanes) is 1. The highest BCUT2D eigenvalue weighted by atomic mass is 16.5. The summed E-state index contributed by atoms with van der Waals surface area (Å²) in [5, 5.41) is 3.03. The van der Waals surface area contributed by atoms with Gasteiger partial charge in [0.1, 0.15) is 5.75 Å². The molecule has 0 fully saturated rings. The summed E-state index contributed by atoms with van der Waals surface area (Å²) in [4.78, 5) is 12.2. The Morgan fingerprint density at radius 3 is 2.36 bits per heavy atom. The highest BCUT2D eigenvalue weighted by Crippen LogP contribution is 2.18. The molecular formula is C19H31NO2. The van der Waals surface area contributed by atoms with Gasteiger partial charge in [-0.1, -0.05) is 39.2 Å². The number of nitrogens with one attached hydrogen (secondary N) is 1. The third-order valence-electron chi connectivity index (χ3n) is 3.99. The van der Waals surface area contributed by atoms with Crippen molar-refractivity contribution in [3.05, 3.63) is 29.3 Å². The minimum absolute atomic E-state index is 0.0332. The van der Waals surface area contributed by atoms with E-state index in [1.165, 1.54) is 19.3 Å². The van der Waals surface area contributed by atoms with E-state index in [1.54, 1.807) is 6.92 Å². The minimum Gasteiger partial charge on any atom is -0.481 e. The van der Waals surface area contributed by atoms with E-state index in [-0.39, 0.29) is 5.91 Å². The zero-order valence-corrected chi connectivity index (χ0v) is 14.7. The van der Waals surface area contributed by atoms with Crippen molar-refractivity contribution in [2.75, 3.05) is 6.54 Å². The zero-order chi connectivity index (χ0) is 16.5. The summed E-state index contributed by atoms with van der Waals surface area (Å²) >= 11 is 0. The maximum atomic E-state index is 12.2. The van der Waals surface area contributed by atoms with E-state index in [1.807, 2.05) is 26.0 Å². The molecular weight excluding hydrogens is 274 g/mol. The van der Waals surface area contributed by atoms with Crippen molar-refractivity contribution < 1.29 is 9.53 Å². The van der Waals surface area contributed by atoms with Crippen LogP contribution in [0, 0.1) is 19.8 Å². The van der Waals surface area contributed by atoms with Gasteiger partial charge in [-0.15, -0.1) is 0 Å². The molecule has 1 N–H and O–H groups in total. The third kappa shape index (κ3) is 6.50. The molecule has 0 radical (unpaired) electrons. The van der Waals surface area contributed by atoms with Gasteiger partial charge in [0.25, 0.3) is 5.91 Å². The van der Waals surface area contributed by atoms with Crippen molar-refractivity contribution in [2.45, 2.75) is 66.4 Å². The first kappa shape index (κ1) is 18.5. The topological polar surface area (TPSA) is 38.3 Å². The maximum absolute atomic E-state index is 12.2. The van der Waals surface area contributed by atoms with E-state index in [0.717, 1.165) is 29.8 Å². The molecule has 0 unspecified atom stereocenters. The first-order valence-corrected chi connectivity index (χ1v) is 8.48. The second-order valence-electron chi connectivity index (χ2n) is 6.25. The van der Waals surface area contributed by atoms with E-state index in [0.29, 0.717) is 5.92 Å². The molecule has 0 aliphatic carbocycles. The maximum Gasteiger partial charge on any atom is 0.260 e. The molecule has 124 valence electrons. The summed E-state index contributed by atoms with van der Waals surface area (Å²) in [6.45, 7) is 11.0. The molecule has 22 heavy (non-hydrogen) atoms. The zero-order valence-electron chi connectivity index (χ0n) is 14.7. The number of aryl methyl sites for hydroxylation is 2. The molecule has 1 aromatic rings. The first-order chi connectivity index (χ1) is 10.5. The molecule has 3 heteroatoms. The van der Waals surface area contributed by atoms with Gasteiger partial charge >= 0.3 is 0 Å². The van der Waals surface area contributed by atoms with Gasteiger partial charge in [-0.2, -0.15) is 0 Å². The number of hydrogen-bond acceptors (Lipinski definition) is 2. The van der Waals surface area contributed by atoms with Crippen molar-refractivity contribution in [1.82, 2.24) is 5.32 Å². The summed E-state index contributed by atoms with van der Waals surface area (Å²) in [6, 6.07) is 6.02. The van der Waals surface area contributed by atoms with Crippen molar-refractivity contribution in [3.63, 3.8) is 0 Å². The number of ether oxygens (including phenoxy) is 1. The molecule has 2 atom stereocenters. The Morgan fingerprint density at radius 2 is 1.82 bits per heavy atom. The van der Waals surface area contributed by atoms with Crippen molar-refractivity contribution in [2.24, 2.45) is 5.92 Å². The molecule has 1 amide bonds. The van der Waals surface area contributed by atoms with Crippen LogP contribution in [0.1, 0.15) is 57.6 Å². The van der Waals surface area contributed by atoms with Crippen molar-refractivity contribution in [1.29, 1.82) is 0 Å². The van der Waals surface area contributed by atoms with Crippen molar-refractivity contribution in [3.8, 4) is 5.75 Å². The fourth-order valence-corrected chi connectivity index (χ4v) is 2.59. The molecule has 0 saturated carbocycles. The van der Waals surface area contributed by atoms with Crippen LogP contribution in [0.15, 0.2) is 18.2 Å². The van der Waals surface area contributed by atoms with Crippen LogP contribution >= 0.6 is 0 Å². The molecule has 1 rings (SSSR count). The molecule has 0 heterocycles. The van der Waals surface area contributed by atoms with Gasteiger partial charge in [0, 0.05) is 6.54 Å². The van der Waals surface area contributed by atoms with Gasteiger partial charge in [-0.3, -0.25) is 4.79 Å². The monoisotopic (exact) mass is 305 g/mol. The normalized spacial score (nSPS) is 13.5. The number of amides is 1. The summed E-state index contributed by atoms with van der Waals surface area (Å²) in [5.74, 6) is 1.30. The Labute approximate surface area is 135 Å². The minimum atomic E-state index is -0.468. The lowest BCUT2D eigenvalue weighted by atomic mass is 9.99. The molecule has 0 spiro atoms. The van der Waals surface area contributed by atoms with Gasteiger partial charge in [0.2, 0.25) is 0 Å². The Kier molecular flexibility index (Phi) is 8.00. The highest BCUT2D eigenvalue weighted by molar-refractivity contribution is 5.80. The van der Waals surface area contributed by atoms with Crippen LogP contribution in [0.5, 0.6) is 5.75 Å². The van der Waals surface area contributed by atoms with Crippen LogP contribution in [0.2, 0.25) is 0 Å². The van der Waals surface area contributed by atoms with Crippen LogP contribution in [-0.4, -0.2) is 18.6 Å². The number of hydrogen-bond donors (Lipinski definition) is 1. The standard InChI is InChI=1S/C19H31NO2/c1-6-8-9-17(7-2)13-20-19(21)16(5)22-18-11-14(3)10-15(4)12-18/h10-12,16-17H,6-9,13H2,1-5H3,(H,20,21)/t16-,17+/m0/s1. The Balaban J connectivity index is 2.47. The molecule has 0 bridgehead atoms. The molecule has 1 aromatic carbocycles. The van der Waals surface area contributed by atoms with Crippen LogP contribution in [0.25, 0.3) is 0 Å². The number of carbonyl (C=O) groups excluding carboxylic acids is 1. The van der Waals surface area contributed by atoms with Gasteiger partial charge in [0.15, 0.2) is 6.10 Å². The molecule has 3 nitrogen and oxygen atoms in total. The van der Waals surface area contributed by atoms with E-state index in [9.17, 15) is 4.79 Å². The SMILES string of the molecule is CCCC[C@@H](CC)CNC(=O)[C@H](C)Oc1cc(C)cc(C)c1.